The molecule has 1 fully saturated rings. The quantitative estimate of drug-likeness (QED) is 0.746. The van der Waals surface area contributed by atoms with Crippen molar-refractivity contribution in [3.63, 3.8) is 0 Å². The van der Waals surface area contributed by atoms with E-state index in [1.165, 1.54) is 4.90 Å². The topological polar surface area (TPSA) is 55.8 Å². The van der Waals surface area contributed by atoms with Crippen molar-refractivity contribution < 1.29 is 19.1 Å². The molecule has 0 saturated carbocycles. The minimum Gasteiger partial charge on any atom is -0.447 e. The van der Waals surface area contributed by atoms with E-state index in [4.69, 9.17) is 9.47 Å². The van der Waals surface area contributed by atoms with E-state index >= 15 is 0 Å². The summed E-state index contributed by atoms with van der Waals surface area (Å²) >= 11 is 0. The van der Waals surface area contributed by atoms with Crippen LogP contribution in [0.25, 0.3) is 0 Å². The van der Waals surface area contributed by atoms with Gasteiger partial charge in [-0.05, 0) is 18.4 Å². The van der Waals surface area contributed by atoms with Gasteiger partial charge in [0.15, 0.2) is 0 Å². The zero-order valence-electron chi connectivity index (χ0n) is 11.6. The number of ether oxygens (including phenoxy) is 2. The molecule has 0 N–H and O–H groups in total. The summed E-state index contributed by atoms with van der Waals surface area (Å²) in [6, 6.07) is 9.49. The molecule has 0 radical (unpaired) electrons. The molecular weight excluding hydrogens is 258 g/mol. The zero-order chi connectivity index (χ0) is 14.4. The SMILES string of the molecule is CCCOCC(=O)N1C(=O)OCC1Cc1ccccc1. The first-order chi connectivity index (χ1) is 9.72. The summed E-state index contributed by atoms with van der Waals surface area (Å²) < 4.78 is 10.2. The average molecular weight is 277 g/mol. The van der Waals surface area contributed by atoms with Crippen molar-refractivity contribution in [2.24, 2.45) is 0 Å². The molecular formula is C15H19NO4. The van der Waals surface area contributed by atoms with Gasteiger partial charge in [0.05, 0.1) is 6.04 Å². The highest BCUT2D eigenvalue weighted by Crippen LogP contribution is 2.17. The van der Waals surface area contributed by atoms with Crippen molar-refractivity contribution in [3.8, 4) is 0 Å². The van der Waals surface area contributed by atoms with Gasteiger partial charge in [0.25, 0.3) is 5.91 Å². The first-order valence-corrected chi connectivity index (χ1v) is 6.83. The second-order valence-electron chi connectivity index (χ2n) is 4.74. The second kappa shape index (κ2) is 7.05. The first-order valence-electron chi connectivity index (χ1n) is 6.83. The number of hydrogen-bond acceptors (Lipinski definition) is 4. The summed E-state index contributed by atoms with van der Waals surface area (Å²) in [4.78, 5) is 24.9. The number of cyclic esters (lactones) is 1. The van der Waals surface area contributed by atoms with Crippen LogP contribution in [-0.2, 0) is 20.7 Å². The Morgan fingerprint density at radius 3 is 2.85 bits per heavy atom. The van der Waals surface area contributed by atoms with Crippen LogP contribution in [0.3, 0.4) is 0 Å². The molecule has 1 saturated heterocycles. The van der Waals surface area contributed by atoms with Gasteiger partial charge in [0, 0.05) is 6.61 Å². The fourth-order valence-electron chi connectivity index (χ4n) is 2.18. The average Bonchev–Trinajstić information content (AvgIpc) is 2.81. The summed E-state index contributed by atoms with van der Waals surface area (Å²) in [5.74, 6) is -0.332. The van der Waals surface area contributed by atoms with E-state index in [0.717, 1.165) is 12.0 Å². The minimum atomic E-state index is -0.573. The maximum atomic E-state index is 12.0. The Morgan fingerprint density at radius 1 is 1.40 bits per heavy atom. The van der Waals surface area contributed by atoms with Crippen LogP contribution in [-0.4, -0.2) is 42.8 Å². The van der Waals surface area contributed by atoms with Crippen molar-refractivity contribution in [1.29, 1.82) is 0 Å². The molecule has 0 aromatic heterocycles. The Balaban J connectivity index is 1.97. The molecule has 2 rings (SSSR count). The van der Waals surface area contributed by atoms with Gasteiger partial charge in [0.1, 0.15) is 13.2 Å². The number of imide groups is 1. The Labute approximate surface area is 118 Å². The predicted molar refractivity (Wildman–Crippen MR) is 73.2 cm³/mol. The molecule has 1 aliphatic rings. The molecule has 1 atom stereocenters. The Kier molecular flexibility index (Phi) is 5.12. The third kappa shape index (κ3) is 3.57. The van der Waals surface area contributed by atoms with Crippen molar-refractivity contribution >= 4 is 12.0 Å². The molecule has 0 aliphatic carbocycles. The number of amides is 2. The number of nitrogens with zero attached hydrogens (tertiary/aromatic N) is 1. The van der Waals surface area contributed by atoms with Crippen molar-refractivity contribution in [3.05, 3.63) is 35.9 Å². The van der Waals surface area contributed by atoms with Gasteiger partial charge in [-0.3, -0.25) is 4.79 Å². The molecule has 5 heteroatoms. The molecule has 20 heavy (non-hydrogen) atoms. The Bertz CT molecular complexity index is 460. The fraction of sp³-hybridized carbons (Fsp3) is 0.467. The maximum Gasteiger partial charge on any atom is 0.417 e. The van der Waals surface area contributed by atoms with Gasteiger partial charge in [-0.2, -0.15) is 0 Å². The van der Waals surface area contributed by atoms with Gasteiger partial charge in [-0.1, -0.05) is 37.3 Å². The molecule has 1 aromatic carbocycles. The van der Waals surface area contributed by atoms with Gasteiger partial charge < -0.3 is 9.47 Å². The molecule has 0 bridgehead atoms. The lowest BCUT2D eigenvalue weighted by Gasteiger charge is -2.19. The van der Waals surface area contributed by atoms with Crippen molar-refractivity contribution in [1.82, 2.24) is 4.90 Å². The zero-order valence-corrected chi connectivity index (χ0v) is 11.6. The van der Waals surface area contributed by atoms with Crippen LogP contribution >= 0.6 is 0 Å². The highest BCUT2D eigenvalue weighted by molar-refractivity contribution is 5.94. The van der Waals surface area contributed by atoms with Crippen LogP contribution in [0, 0.1) is 0 Å². The van der Waals surface area contributed by atoms with Gasteiger partial charge >= 0.3 is 6.09 Å². The van der Waals surface area contributed by atoms with E-state index in [1.54, 1.807) is 0 Å². The predicted octanol–water partition coefficient (Wildman–Crippen LogP) is 2.00. The third-order valence-electron chi connectivity index (χ3n) is 3.12. The number of benzene rings is 1. The van der Waals surface area contributed by atoms with E-state index in [0.29, 0.717) is 13.0 Å². The second-order valence-corrected chi connectivity index (χ2v) is 4.74. The van der Waals surface area contributed by atoms with Gasteiger partial charge in [-0.15, -0.1) is 0 Å². The van der Waals surface area contributed by atoms with Gasteiger partial charge in [0.2, 0.25) is 0 Å². The van der Waals surface area contributed by atoms with E-state index in [1.807, 2.05) is 37.3 Å². The minimum absolute atomic E-state index is 0.0752. The van der Waals surface area contributed by atoms with Crippen LogP contribution in [0.1, 0.15) is 18.9 Å². The lowest BCUT2D eigenvalue weighted by Crippen LogP contribution is -2.42. The summed E-state index contributed by atoms with van der Waals surface area (Å²) in [5, 5.41) is 0. The van der Waals surface area contributed by atoms with Crippen LogP contribution in [0.2, 0.25) is 0 Å². The van der Waals surface area contributed by atoms with Crippen LogP contribution in [0.15, 0.2) is 30.3 Å². The largest absolute Gasteiger partial charge is 0.447 e. The lowest BCUT2D eigenvalue weighted by molar-refractivity contribution is -0.134. The molecule has 108 valence electrons. The highest BCUT2D eigenvalue weighted by Gasteiger charge is 2.37. The van der Waals surface area contributed by atoms with Crippen LogP contribution in [0.4, 0.5) is 4.79 Å². The van der Waals surface area contributed by atoms with Gasteiger partial charge in [-0.25, -0.2) is 9.69 Å². The molecule has 1 aliphatic heterocycles. The van der Waals surface area contributed by atoms with Crippen molar-refractivity contribution in [2.45, 2.75) is 25.8 Å². The summed E-state index contributed by atoms with van der Waals surface area (Å²) in [6.45, 7) is 2.65. The molecule has 5 nitrogen and oxygen atoms in total. The number of rotatable bonds is 6. The molecule has 1 heterocycles. The van der Waals surface area contributed by atoms with Crippen molar-refractivity contribution in [2.75, 3.05) is 19.8 Å². The molecule has 2 amide bonds. The maximum absolute atomic E-state index is 12.0. The smallest absolute Gasteiger partial charge is 0.417 e. The van der Waals surface area contributed by atoms with E-state index in [9.17, 15) is 9.59 Å². The number of carbonyl (C=O) groups is 2. The highest BCUT2D eigenvalue weighted by atomic mass is 16.6. The standard InChI is InChI=1S/C15H19NO4/c1-2-8-19-11-14(17)16-13(10-20-15(16)18)9-12-6-4-3-5-7-12/h3-7,13H,2,8-11H2,1H3. The Hall–Kier alpha value is -1.88. The summed E-state index contributed by atoms with van der Waals surface area (Å²) in [6.07, 6.45) is 0.869. The van der Waals surface area contributed by atoms with E-state index in [2.05, 4.69) is 0 Å². The van der Waals surface area contributed by atoms with E-state index < -0.39 is 6.09 Å². The number of hydrogen-bond donors (Lipinski definition) is 0. The molecule has 1 unspecified atom stereocenters. The normalized spacial score (nSPS) is 18.1. The summed E-state index contributed by atoms with van der Waals surface area (Å²) in [5.41, 5.74) is 1.07. The monoisotopic (exact) mass is 277 g/mol. The van der Waals surface area contributed by atoms with E-state index in [-0.39, 0.29) is 25.2 Å². The van der Waals surface area contributed by atoms with Crippen LogP contribution < -0.4 is 0 Å². The Morgan fingerprint density at radius 2 is 2.15 bits per heavy atom. The molecule has 0 spiro atoms. The van der Waals surface area contributed by atoms with Crippen LogP contribution in [0.5, 0.6) is 0 Å². The third-order valence-corrected chi connectivity index (χ3v) is 3.12. The summed E-state index contributed by atoms with van der Waals surface area (Å²) in [7, 11) is 0. The lowest BCUT2D eigenvalue weighted by atomic mass is 10.1. The molecule has 1 aromatic rings. The number of carbonyl (C=O) groups excluding carboxylic acids is 2. The first kappa shape index (κ1) is 14.5. The fourth-order valence-corrected chi connectivity index (χ4v) is 2.18.